The van der Waals surface area contributed by atoms with Crippen molar-refractivity contribution in [3.63, 3.8) is 0 Å². The number of nitrogens with one attached hydrogen (secondary N) is 2. The fourth-order valence-electron chi connectivity index (χ4n) is 2.14. The number of benzene rings is 1. The Hall–Kier alpha value is -3.03. The van der Waals surface area contributed by atoms with Crippen molar-refractivity contribution in [3.8, 4) is 0 Å². The van der Waals surface area contributed by atoms with Gasteiger partial charge in [0.1, 0.15) is 11.6 Å². The maximum atomic E-state index is 13.1. The van der Waals surface area contributed by atoms with Crippen LogP contribution in [0.4, 0.5) is 10.2 Å². The van der Waals surface area contributed by atoms with Gasteiger partial charge in [0.15, 0.2) is 11.5 Å². The van der Waals surface area contributed by atoms with Crippen LogP contribution in [0, 0.1) is 5.82 Å². The van der Waals surface area contributed by atoms with E-state index in [1.807, 2.05) is 0 Å². The topological polar surface area (TPSA) is 84.2 Å². The lowest BCUT2D eigenvalue weighted by molar-refractivity contribution is 0.0953. The van der Waals surface area contributed by atoms with Crippen LogP contribution in [0.2, 0.25) is 0 Å². The van der Waals surface area contributed by atoms with E-state index in [1.54, 1.807) is 29.8 Å². The molecule has 2 N–H and O–H groups in total. The summed E-state index contributed by atoms with van der Waals surface area (Å²) in [4.78, 5) is 11.9. The van der Waals surface area contributed by atoms with Crippen LogP contribution in [0.15, 0.2) is 36.4 Å². The second-order valence-corrected chi connectivity index (χ2v) is 4.87. The summed E-state index contributed by atoms with van der Waals surface area (Å²) in [7, 11) is 1.78. The number of aromatic nitrogens is 4. The van der Waals surface area contributed by atoms with Gasteiger partial charge in [-0.3, -0.25) is 4.79 Å². The van der Waals surface area contributed by atoms with Crippen molar-refractivity contribution in [2.75, 3.05) is 18.9 Å². The molecule has 0 unspecified atom stereocenters. The number of halogens is 1. The molecule has 3 aromatic rings. The van der Waals surface area contributed by atoms with E-state index in [1.165, 1.54) is 18.2 Å². The number of carbonyl (C=O) groups excluding carboxylic acids is 1. The molecule has 0 saturated heterocycles. The van der Waals surface area contributed by atoms with Crippen molar-refractivity contribution in [1.82, 2.24) is 25.1 Å². The smallest absolute Gasteiger partial charge is 0.251 e. The van der Waals surface area contributed by atoms with Crippen molar-refractivity contribution in [3.05, 3.63) is 53.6 Å². The Morgan fingerprint density at radius 1 is 1.26 bits per heavy atom. The minimum absolute atomic E-state index is 0.284. The summed E-state index contributed by atoms with van der Waals surface area (Å²) in [6.07, 6.45) is 0.461. The van der Waals surface area contributed by atoms with E-state index in [2.05, 4.69) is 25.9 Å². The van der Waals surface area contributed by atoms with Gasteiger partial charge in [0.25, 0.3) is 5.91 Å². The highest BCUT2D eigenvalue weighted by Crippen LogP contribution is 2.07. The first-order valence-electron chi connectivity index (χ1n) is 7.10. The molecular weight excluding hydrogens is 299 g/mol. The third-order valence-electron chi connectivity index (χ3n) is 3.30. The van der Waals surface area contributed by atoms with Crippen molar-refractivity contribution in [2.24, 2.45) is 0 Å². The van der Waals surface area contributed by atoms with Gasteiger partial charge in [-0.2, -0.15) is 4.52 Å². The highest BCUT2D eigenvalue weighted by Gasteiger charge is 2.09. The molecule has 0 bridgehead atoms. The Morgan fingerprint density at radius 2 is 2.13 bits per heavy atom. The highest BCUT2D eigenvalue weighted by molar-refractivity contribution is 5.94. The first-order valence-corrected chi connectivity index (χ1v) is 7.10. The molecular formula is C15H15FN6O. The number of hydrogen-bond acceptors (Lipinski definition) is 5. The summed E-state index contributed by atoms with van der Waals surface area (Å²) in [6.45, 7) is 0.349. The molecule has 2 aromatic heterocycles. The average Bonchev–Trinajstić information content (AvgIpc) is 2.97. The second-order valence-electron chi connectivity index (χ2n) is 4.87. The van der Waals surface area contributed by atoms with Gasteiger partial charge in [-0.1, -0.05) is 6.07 Å². The monoisotopic (exact) mass is 314 g/mol. The Balaban J connectivity index is 1.66. The summed E-state index contributed by atoms with van der Waals surface area (Å²) >= 11 is 0. The van der Waals surface area contributed by atoms with Gasteiger partial charge < -0.3 is 10.6 Å². The Kier molecular flexibility index (Phi) is 4.13. The lowest BCUT2D eigenvalue weighted by atomic mass is 10.2. The molecule has 3 rings (SSSR count). The first kappa shape index (κ1) is 14.9. The zero-order valence-corrected chi connectivity index (χ0v) is 12.5. The third-order valence-corrected chi connectivity index (χ3v) is 3.30. The van der Waals surface area contributed by atoms with E-state index in [4.69, 9.17) is 0 Å². The number of fused-ring (bicyclic) bond motifs is 1. The number of nitrogens with zero attached hydrogens (tertiary/aromatic N) is 4. The summed E-state index contributed by atoms with van der Waals surface area (Å²) in [5, 5.41) is 18.1. The quantitative estimate of drug-likeness (QED) is 0.741. The fourth-order valence-corrected chi connectivity index (χ4v) is 2.14. The predicted octanol–water partition coefficient (Wildman–Crippen LogP) is 1.28. The lowest BCUT2D eigenvalue weighted by Crippen LogP contribution is -2.26. The molecule has 118 valence electrons. The largest absolute Gasteiger partial charge is 0.372 e. The van der Waals surface area contributed by atoms with E-state index in [0.717, 1.165) is 0 Å². The van der Waals surface area contributed by atoms with Crippen molar-refractivity contribution in [1.29, 1.82) is 0 Å². The Bertz CT molecular complexity index is 847. The van der Waals surface area contributed by atoms with Crippen molar-refractivity contribution < 1.29 is 9.18 Å². The first-order chi connectivity index (χ1) is 11.2. The standard InChI is InChI=1S/C15H15FN6O/c1-17-12-5-6-13-19-20-14(22(13)21-12)7-8-18-15(23)10-3-2-4-11(16)9-10/h2-6,9H,7-8H2,1H3,(H,17,21)(H,18,23). The summed E-state index contributed by atoms with van der Waals surface area (Å²) < 4.78 is 14.7. The molecule has 0 aliphatic carbocycles. The number of anilines is 1. The van der Waals surface area contributed by atoms with Gasteiger partial charge >= 0.3 is 0 Å². The SMILES string of the molecule is CNc1ccc2nnc(CCNC(=O)c3cccc(F)c3)n2n1. The Morgan fingerprint density at radius 3 is 2.91 bits per heavy atom. The molecule has 7 nitrogen and oxygen atoms in total. The fraction of sp³-hybridized carbons (Fsp3) is 0.200. The molecule has 0 aliphatic heterocycles. The number of rotatable bonds is 5. The van der Waals surface area contributed by atoms with E-state index >= 15 is 0 Å². The normalized spacial score (nSPS) is 10.7. The maximum absolute atomic E-state index is 13.1. The van der Waals surface area contributed by atoms with Crippen molar-refractivity contribution in [2.45, 2.75) is 6.42 Å². The van der Waals surface area contributed by atoms with Crippen LogP contribution < -0.4 is 10.6 Å². The van der Waals surface area contributed by atoms with Crippen LogP contribution in [0.1, 0.15) is 16.2 Å². The molecule has 1 amide bonds. The highest BCUT2D eigenvalue weighted by atomic mass is 19.1. The van der Waals surface area contributed by atoms with Crippen LogP contribution in [-0.2, 0) is 6.42 Å². The van der Waals surface area contributed by atoms with Crippen molar-refractivity contribution >= 4 is 17.4 Å². The average molecular weight is 314 g/mol. The molecule has 0 aliphatic rings. The van der Waals surface area contributed by atoms with Crippen LogP contribution in [0.5, 0.6) is 0 Å². The van der Waals surface area contributed by atoms with Crippen LogP contribution in [-0.4, -0.2) is 39.3 Å². The van der Waals surface area contributed by atoms with E-state index in [-0.39, 0.29) is 11.5 Å². The second kappa shape index (κ2) is 6.39. The van der Waals surface area contributed by atoms with Gasteiger partial charge in [0.05, 0.1) is 0 Å². The third kappa shape index (κ3) is 3.25. The predicted molar refractivity (Wildman–Crippen MR) is 82.8 cm³/mol. The minimum Gasteiger partial charge on any atom is -0.372 e. The molecule has 1 aromatic carbocycles. The zero-order valence-electron chi connectivity index (χ0n) is 12.5. The molecule has 2 heterocycles. The lowest BCUT2D eigenvalue weighted by Gasteiger charge is -2.05. The number of amides is 1. The van der Waals surface area contributed by atoms with Gasteiger partial charge in [0, 0.05) is 25.6 Å². The van der Waals surface area contributed by atoms with E-state index < -0.39 is 5.82 Å². The van der Waals surface area contributed by atoms with Gasteiger partial charge in [-0.05, 0) is 30.3 Å². The van der Waals surface area contributed by atoms with Gasteiger partial charge in [-0.15, -0.1) is 15.3 Å². The van der Waals surface area contributed by atoms with Gasteiger partial charge in [-0.25, -0.2) is 4.39 Å². The molecule has 0 saturated carbocycles. The molecule has 8 heteroatoms. The van der Waals surface area contributed by atoms with E-state index in [0.29, 0.717) is 30.3 Å². The number of carbonyl (C=O) groups is 1. The molecule has 0 spiro atoms. The summed E-state index contributed by atoms with van der Waals surface area (Å²) in [5.74, 6) is 0.561. The molecule has 0 radical (unpaired) electrons. The summed E-state index contributed by atoms with van der Waals surface area (Å²) in [6, 6.07) is 9.16. The van der Waals surface area contributed by atoms with Crippen LogP contribution in [0.3, 0.4) is 0 Å². The van der Waals surface area contributed by atoms with Crippen LogP contribution in [0.25, 0.3) is 5.65 Å². The molecule has 0 atom stereocenters. The molecule has 23 heavy (non-hydrogen) atoms. The van der Waals surface area contributed by atoms with Crippen LogP contribution >= 0.6 is 0 Å². The minimum atomic E-state index is -0.440. The zero-order chi connectivity index (χ0) is 16.2. The molecule has 0 fully saturated rings. The summed E-state index contributed by atoms with van der Waals surface area (Å²) in [5.41, 5.74) is 0.919. The van der Waals surface area contributed by atoms with E-state index in [9.17, 15) is 9.18 Å². The van der Waals surface area contributed by atoms with Gasteiger partial charge in [0.2, 0.25) is 0 Å². The Labute approximate surface area is 131 Å². The maximum Gasteiger partial charge on any atom is 0.251 e. The number of hydrogen-bond donors (Lipinski definition) is 2.